The normalized spacial score (nSPS) is 21.2. The Hall–Kier alpha value is -1.91. The molecule has 1 aromatic carbocycles. The zero-order chi connectivity index (χ0) is 16.3. The van der Waals surface area contributed by atoms with Crippen LogP contribution >= 0.6 is 0 Å². The standard InChI is InChI=1S/C17H23FN2O2/c1-11(2)8-19-17(22)16-10-20(12(3)21)9-15(16)13-4-6-14(18)7-5-13/h4-7,11,15-16H,8-10H2,1-3H3,(H,19,22)/t15-,16-/m0/s1. The summed E-state index contributed by atoms with van der Waals surface area (Å²) in [6.07, 6.45) is 0. The second-order valence-corrected chi connectivity index (χ2v) is 6.33. The lowest BCUT2D eigenvalue weighted by Gasteiger charge is -2.18. The van der Waals surface area contributed by atoms with Gasteiger partial charge in [-0.15, -0.1) is 0 Å². The summed E-state index contributed by atoms with van der Waals surface area (Å²) in [6, 6.07) is 6.20. The Balaban J connectivity index is 2.17. The number of carbonyl (C=O) groups is 2. The quantitative estimate of drug-likeness (QED) is 0.927. The highest BCUT2D eigenvalue weighted by Gasteiger charge is 2.39. The molecule has 0 radical (unpaired) electrons. The molecule has 1 fully saturated rings. The molecule has 2 rings (SSSR count). The Morgan fingerprint density at radius 2 is 1.91 bits per heavy atom. The van der Waals surface area contributed by atoms with E-state index in [0.717, 1.165) is 5.56 Å². The second-order valence-electron chi connectivity index (χ2n) is 6.33. The SMILES string of the molecule is CC(=O)N1C[C@H](C(=O)NCC(C)C)[C@H](c2ccc(F)cc2)C1. The van der Waals surface area contributed by atoms with Crippen LogP contribution in [-0.2, 0) is 9.59 Å². The van der Waals surface area contributed by atoms with E-state index in [0.29, 0.717) is 25.6 Å². The average molecular weight is 306 g/mol. The Bertz CT molecular complexity index is 542. The molecule has 0 aliphatic carbocycles. The third kappa shape index (κ3) is 3.84. The smallest absolute Gasteiger partial charge is 0.225 e. The number of rotatable bonds is 4. The van der Waals surface area contributed by atoms with Gasteiger partial charge in [0.15, 0.2) is 0 Å². The minimum Gasteiger partial charge on any atom is -0.356 e. The summed E-state index contributed by atoms with van der Waals surface area (Å²) < 4.78 is 13.1. The zero-order valence-corrected chi connectivity index (χ0v) is 13.3. The van der Waals surface area contributed by atoms with Gasteiger partial charge in [0.2, 0.25) is 11.8 Å². The number of carbonyl (C=O) groups excluding carboxylic acids is 2. The molecule has 1 saturated heterocycles. The van der Waals surface area contributed by atoms with Crippen LogP contribution in [0.1, 0.15) is 32.3 Å². The molecule has 4 nitrogen and oxygen atoms in total. The van der Waals surface area contributed by atoms with Crippen LogP contribution in [0.25, 0.3) is 0 Å². The van der Waals surface area contributed by atoms with Crippen molar-refractivity contribution in [3.05, 3.63) is 35.6 Å². The maximum Gasteiger partial charge on any atom is 0.225 e. The summed E-state index contributed by atoms with van der Waals surface area (Å²) in [7, 11) is 0. The van der Waals surface area contributed by atoms with Crippen molar-refractivity contribution in [1.82, 2.24) is 10.2 Å². The third-order valence-electron chi connectivity index (χ3n) is 4.08. The number of hydrogen-bond acceptors (Lipinski definition) is 2. The topological polar surface area (TPSA) is 49.4 Å². The lowest BCUT2D eigenvalue weighted by Crippen LogP contribution is -2.37. The molecule has 120 valence electrons. The molecule has 0 unspecified atom stereocenters. The summed E-state index contributed by atoms with van der Waals surface area (Å²) in [6.45, 7) is 7.12. The zero-order valence-electron chi connectivity index (χ0n) is 13.3. The Labute approximate surface area is 130 Å². The molecule has 1 aliphatic heterocycles. The van der Waals surface area contributed by atoms with E-state index in [4.69, 9.17) is 0 Å². The molecular weight excluding hydrogens is 283 g/mol. The monoisotopic (exact) mass is 306 g/mol. The highest BCUT2D eigenvalue weighted by Crippen LogP contribution is 2.33. The van der Waals surface area contributed by atoms with Crippen LogP contribution in [0.2, 0.25) is 0 Å². The number of amides is 2. The number of nitrogens with zero attached hydrogens (tertiary/aromatic N) is 1. The maximum atomic E-state index is 13.1. The Kier molecular flexibility index (Phi) is 5.16. The van der Waals surface area contributed by atoms with Crippen LogP contribution in [0.3, 0.4) is 0 Å². The molecule has 0 spiro atoms. The number of benzene rings is 1. The van der Waals surface area contributed by atoms with Crippen molar-refractivity contribution >= 4 is 11.8 Å². The van der Waals surface area contributed by atoms with Gasteiger partial charge >= 0.3 is 0 Å². The van der Waals surface area contributed by atoms with Gasteiger partial charge in [-0.25, -0.2) is 4.39 Å². The van der Waals surface area contributed by atoms with Gasteiger partial charge in [-0.05, 0) is 23.6 Å². The Morgan fingerprint density at radius 1 is 1.27 bits per heavy atom. The second kappa shape index (κ2) is 6.90. The van der Waals surface area contributed by atoms with E-state index in [2.05, 4.69) is 5.32 Å². The molecule has 22 heavy (non-hydrogen) atoms. The van der Waals surface area contributed by atoms with E-state index in [1.54, 1.807) is 17.0 Å². The lowest BCUT2D eigenvalue weighted by molar-refractivity contribution is -0.128. The first-order valence-corrected chi connectivity index (χ1v) is 7.67. The van der Waals surface area contributed by atoms with E-state index in [1.807, 2.05) is 13.8 Å². The van der Waals surface area contributed by atoms with E-state index in [9.17, 15) is 14.0 Å². The summed E-state index contributed by atoms with van der Waals surface area (Å²) in [5.41, 5.74) is 0.898. The fraction of sp³-hybridized carbons (Fsp3) is 0.529. The molecule has 0 aromatic heterocycles. The number of likely N-dealkylation sites (tertiary alicyclic amines) is 1. The molecule has 0 saturated carbocycles. The number of nitrogens with one attached hydrogen (secondary N) is 1. The van der Waals surface area contributed by atoms with Crippen molar-refractivity contribution in [2.45, 2.75) is 26.7 Å². The summed E-state index contributed by atoms with van der Waals surface area (Å²) >= 11 is 0. The highest BCUT2D eigenvalue weighted by atomic mass is 19.1. The van der Waals surface area contributed by atoms with Crippen molar-refractivity contribution < 1.29 is 14.0 Å². The van der Waals surface area contributed by atoms with Crippen LogP contribution in [0.4, 0.5) is 4.39 Å². The van der Waals surface area contributed by atoms with Crippen LogP contribution in [-0.4, -0.2) is 36.3 Å². The largest absolute Gasteiger partial charge is 0.356 e. The predicted molar refractivity (Wildman–Crippen MR) is 82.7 cm³/mol. The van der Waals surface area contributed by atoms with Crippen molar-refractivity contribution in [2.75, 3.05) is 19.6 Å². The van der Waals surface area contributed by atoms with Crippen molar-refractivity contribution in [1.29, 1.82) is 0 Å². The molecule has 5 heteroatoms. The van der Waals surface area contributed by atoms with Gasteiger partial charge in [-0.3, -0.25) is 9.59 Å². The van der Waals surface area contributed by atoms with Gasteiger partial charge in [0.1, 0.15) is 5.82 Å². The summed E-state index contributed by atoms with van der Waals surface area (Å²) in [5, 5.41) is 2.94. The first-order valence-electron chi connectivity index (χ1n) is 7.67. The molecule has 1 heterocycles. The van der Waals surface area contributed by atoms with Crippen LogP contribution in [0.15, 0.2) is 24.3 Å². The van der Waals surface area contributed by atoms with E-state index in [1.165, 1.54) is 19.1 Å². The molecular formula is C17H23FN2O2. The summed E-state index contributed by atoms with van der Waals surface area (Å²) in [5.74, 6) is -0.368. The number of halogens is 1. The first-order chi connectivity index (χ1) is 10.4. The van der Waals surface area contributed by atoms with Gasteiger partial charge in [0.05, 0.1) is 5.92 Å². The van der Waals surface area contributed by atoms with Gasteiger partial charge in [-0.2, -0.15) is 0 Å². The molecule has 1 aliphatic rings. The fourth-order valence-corrected chi connectivity index (χ4v) is 2.81. The minimum absolute atomic E-state index is 0.0354. The van der Waals surface area contributed by atoms with Gasteiger partial charge < -0.3 is 10.2 Å². The molecule has 0 bridgehead atoms. The van der Waals surface area contributed by atoms with Gasteiger partial charge in [-0.1, -0.05) is 26.0 Å². The highest BCUT2D eigenvalue weighted by molar-refractivity contribution is 5.82. The average Bonchev–Trinajstić information content (AvgIpc) is 2.91. The van der Waals surface area contributed by atoms with Crippen molar-refractivity contribution in [3.8, 4) is 0 Å². The van der Waals surface area contributed by atoms with Crippen LogP contribution < -0.4 is 5.32 Å². The Morgan fingerprint density at radius 3 is 2.45 bits per heavy atom. The predicted octanol–water partition coefficient (Wildman–Crippen LogP) is 2.16. The molecule has 2 amide bonds. The maximum absolute atomic E-state index is 13.1. The molecule has 2 atom stereocenters. The number of hydrogen-bond donors (Lipinski definition) is 1. The molecule has 1 aromatic rings. The summed E-state index contributed by atoms with van der Waals surface area (Å²) in [4.78, 5) is 25.8. The molecule has 1 N–H and O–H groups in total. The minimum atomic E-state index is -0.300. The van der Waals surface area contributed by atoms with E-state index >= 15 is 0 Å². The van der Waals surface area contributed by atoms with Gasteiger partial charge in [0, 0.05) is 32.5 Å². The lowest BCUT2D eigenvalue weighted by atomic mass is 9.88. The van der Waals surface area contributed by atoms with E-state index < -0.39 is 0 Å². The van der Waals surface area contributed by atoms with Gasteiger partial charge in [0.25, 0.3) is 0 Å². The third-order valence-corrected chi connectivity index (χ3v) is 4.08. The fourth-order valence-electron chi connectivity index (χ4n) is 2.81. The van der Waals surface area contributed by atoms with Crippen molar-refractivity contribution in [2.24, 2.45) is 11.8 Å². The van der Waals surface area contributed by atoms with Crippen LogP contribution in [0, 0.1) is 17.7 Å². The van der Waals surface area contributed by atoms with Crippen molar-refractivity contribution in [3.63, 3.8) is 0 Å². The van der Waals surface area contributed by atoms with Crippen LogP contribution in [0.5, 0.6) is 0 Å². The first kappa shape index (κ1) is 16.5. The van der Waals surface area contributed by atoms with E-state index in [-0.39, 0.29) is 29.5 Å².